The number of nitrogens with two attached hydrogens (primary N) is 1. The third kappa shape index (κ3) is 2.61. The number of benzene rings is 1. The van der Waals surface area contributed by atoms with Crippen LogP contribution in [0.1, 0.15) is 11.7 Å². The van der Waals surface area contributed by atoms with Crippen LogP contribution >= 0.6 is 11.8 Å². The normalized spacial score (nSPS) is 12.3. The van der Waals surface area contributed by atoms with E-state index in [2.05, 4.69) is 0 Å². The second-order valence-electron chi connectivity index (χ2n) is 3.20. The summed E-state index contributed by atoms with van der Waals surface area (Å²) in [5.41, 5.74) is 6.09. The molecule has 1 rings (SSSR count). The van der Waals surface area contributed by atoms with Crippen molar-refractivity contribution in [1.29, 1.82) is 0 Å². The molecule has 0 amide bonds. The summed E-state index contributed by atoms with van der Waals surface area (Å²) in [4.78, 5) is 0.965. The van der Waals surface area contributed by atoms with Crippen molar-refractivity contribution in [2.75, 3.05) is 27.0 Å². The number of hydrogen-bond donors (Lipinski definition) is 2. The van der Waals surface area contributed by atoms with Crippen LogP contribution in [0.25, 0.3) is 0 Å². The highest BCUT2D eigenvalue weighted by atomic mass is 32.2. The van der Waals surface area contributed by atoms with Gasteiger partial charge in [-0.05, 0) is 18.4 Å². The quantitative estimate of drug-likeness (QED) is 0.766. The molecule has 16 heavy (non-hydrogen) atoms. The third-order valence-electron chi connectivity index (χ3n) is 2.32. The van der Waals surface area contributed by atoms with Gasteiger partial charge in [-0.3, -0.25) is 0 Å². The van der Waals surface area contributed by atoms with Crippen LogP contribution < -0.4 is 15.2 Å². The third-order valence-corrected chi connectivity index (χ3v) is 3.08. The van der Waals surface area contributed by atoms with E-state index in [1.54, 1.807) is 32.0 Å². The predicted molar refractivity (Wildman–Crippen MR) is 65.3 cm³/mol. The van der Waals surface area contributed by atoms with Gasteiger partial charge < -0.3 is 20.3 Å². The van der Waals surface area contributed by atoms with E-state index in [4.69, 9.17) is 15.2 Å². The van der Waals surface area contributed by atoms with Crippen molar-refractivity contribution in [3.8, 4) is 11.5 Å². The lowest BCUT2D eigenvalue weighted by Gasteiger charge is -2.16. The van der Waals surface area contributed by atoms with Gasteiger partial charge >= 0.3 is 0 Å². The molecule has 0 bridgehead atoms. The van der Waals surface area contributed by atoms with Crippen molar-refractivity contribution >= 4 is 11.8 Å². The van der Waals surface area contributed by atoms with Crippen LogP contribution in [0.3, 0.4) is 0 Å². The van der Waals surface area contributed by atoms with Crippen molar-refractivity contribution in [2.24, 2.45) is 5.73 Å². The molecular weight excluding hydrogens is 226 g/mol. The molecule has 4 nitrogen and oxygen atoms in total. The van der Waals surface area contributed by atoms with Crippen LogP contribution in [0.5, 0.6) is 11.5 Å². The SMILES string of the molecule is COc1cc(C(O)CN)c(OC)cc1SC. The molecule has 3 N–H and O–H groups in total. The first-order valence-electron chi connectivity index (χ1n) is 4.86. The zero-order chi connectivity index (χ0) is 12.1. The van der Waals surface area contributed by atoms with E-state index >= 15 is 0 Å². The Morgan fingerprint density at radius 1 is 1.31 bits per heavy atom. The molecule has 0 aliphatic heterocycles. The fraction of sp³-hybridized carbons (Fsp3) is 0.455. The number of hydrogen-bond acceptors (Lipinski definition) is 5. The Labute approximate surface area is 99.7 Å². The highest BCUT2D eigenvalue weighted by molar-refractivity contribution is 7.98. The van der Waals surface area contributed by atoms with E-state index < -0.39 is 6.10 Å². The Bertz CT molecular complexity index is 357. The monoisotopic (exact) mass is 243 g/mol. The van der Waals surface area contributed by atoms with Crippen molar-refractivity contribution < 1.29 is 14.6 Å². The number of aliphatic hydroxyl groups is 1. The first-order valence-corrected chi connectivity index (χ1v) is 6.08. The van der Waals surface area contributed by atoms with Gasteiger partial charge in [0.05, 0.1) is 25.2 Å². The summed E-state index contributed by atoms with van der Waals surface area (Å²) in [7, 11) is 3.17. The van der Waals surface area contributed by atoms with Gasteiger partial charge in [-0.1, -0.05) is 0 Å². The van der Waals surface area contributed by atoms with Crippen molar-refractivity contribution in [2.45, 2.75) is 11.0 Å². The number of aliphatic hydroxyl groups excluding tert-OH is 1. The zero-order valence-electron chi connectivity index (χ0n) is 9.69. The van der Waals surface area contributed by atoms with Crippen molar-refractivity contribution in [3.05, 3.63) is 17.7 Å². The van der Waals surface area contributed by atoms with Crippen molar-refractivity contribution in [1.82, 2.24) is 0 Å². The molecule has 90 valence electrons. The average Bonchev–Trinajstić information content (AvgIpc) is 2.35. The molecule has 0 radical (unpaired) electrons. The van der Waals surface area contributed by atoms with E-state index in [-0.39, 0.29) is 6.54 Å². The molecule has 0 spiro atoms. The molecule has 0 heterocycles. The molecular formula is C11H17NO3S. The lowest BCUT2D eigenvalue weighted by atomic mass is 10.1. The Kier molecular flexibility index (Phi) is 4.92. The minimum absolute atomic E-state index is 0.151. The molecule has 1 atom stereocenters. The Balaban J connectivity index is 3.25. The summed E-state index contributed by atoms with van der Waals surface area (Å²) in [6, 6.07) is 3.61. The zero-order valence-corrected chi connectivity index (χ0v) is 10.5. The van der Waals surface area contributed by atoms with E-state index in [0.29, 0.717) is 11.3 Å². The van der Waals surface area contributed by atoms with Gasteiger partial charge in [0.25, 0.3) is 0 Å². The first kappa shape index (κ1) is 13.2. The lowest BCUT2D eigenvalue weighted by Crippen LogP contribution is -2.12. The first-order chi connectivity index (χ1) is 7.67. The molecule has 0 aliphatic rings. The largest absolute Gasteiger partial charge is 0.496 e. The number of methoxy groups -OCH3 is 2. The maximum Gasteiger partial charge on any atom is 0.133 e. The van der Waals surface area contributed by atoms with Crippen LogP contribution in [-0.2, 0) is 0 Å². The maximum absolute atomic E-state index is 9.76. The standard InChI is InChI=1S/C11H17NO3S/c1-14-9-5-11(16-3)10(15-2)4-7(9)8(13)6-12/h4-5,8,13H,6,12H2,1-3H3. The minimum atomic E-state index is -0.736. The molecule has 1 aromatic rings. The van der Waals surface area contributed by atoms with E-state index in [0.717, 1.165) is 10.6 Å². The highest BCUT2D eigenvalue weighted by Crippen LogP contribution is 2.36. The lowest BCUT2D eigenvalue weighted by molar-refractivity contribution is 0.181. The summed E-state index contributed by atoms with van der Waals surface area (Å²) in [5, 5.41) is 9.76. The number of ether oxygens (including phenoxy) is 2. The van der Waals surface area contributed by atoms with Gasteiger partial charge in [0.15, 0.2) is 0 Å². The summed E-state index contributed by atoms with van der Waals surface area (Å²) < 4.78 is 10.5. The molecule has 0 saturated heterocycles. The van der Waals surface area contributed by atoms with Gasteiger partial charge in [-0.25, -0.2) is 0 Å². The van der Waals surface area contributed by atoms with E-state index in [1.807, 2.05) is 12.3 Å². The topological polar surface area (TPSA) is 64.7 Å². The summed E-state index contributed by atoms with van der Waals surface area (Å²) in [6.07, 6.45) is 1.22. The fourth-order valence-electron chi connectivity index (χ4n) is 1.44. The van der Waals surface area contributed by atoms with Gasteiger partial charge in [-0.2, -0.15) is 0 Å². The molecule has 5 heteroatoms. The predicted octanol–water partition coefficient (Wildman–Crippen LogP) is 1.42. The Morgan fingerprint density at radius 2 is 1.94 bits per heavy atom. The maximum atomic E-state index is 9.76. The molecule has 0 aliphatic carbocycles. The fourth-order valence-corrected chi connectivity index (χ4v) is 2.01. The average molecular weight is 243 g/mol. The van der Waals surface area contributed by atoms with Crippen LogP contribution in [0, 0.1) is 0 Å². The van der Waals surface area contributed by atoms with Crippen molar-refractivity contribution in [3.63, 3.8) is 0 Å². The summed E-state index contributed by atoms with van der Waals surface area (Å²) in [6.45, 7) is 0.151. The Hall–Kier alpha value is -0.910. The van der Waals surface area contributed by atoms with Gasteiger partial charge in [-0.15, -0.1) is 11.8 Å². The summed E-state index contributed by atoms with van der Waals surface area (Å²) >= 11 is 1.56. The minimum Gasteiger partial charge on any atom is -0.496 e. The van der Waals surface area contributed by atoms with E-state index in [9.17, 15) is 5.11 Å². The Morgan fingerprint density at radius 3 is 2.38 bits per heavy atom. The number of thioether (sulfide) groups is 1. The van der Waals surface area contributed by atoms with Crippen LogP contribution in [0.2, 0.25) is 0 Å². The van der Waals surface area contributed by atoms with E-state index in [1.165, 1.54) is 0 Å². The van der Waals surface area contributed by atoms with Gasteiger partial charge in [0.1, 0.15) is 11.5 Å². The second kappa shape index (κ2) is 5.98. The number of rotatable bonds is 5. The van der Waals surface area contributed by atoms with Crippen LogP contribution in [0.15, 0.2) is 17.0 Å². The smallest absolute Gasteiger partial charge is 0.133 e. The van der Waals surface area contributed by atoms with Gasteiger partial charge in [0, 0.05) is 12.1 Å². The van der Waals surface area contributed by atoms with Crippen LogP contribution in [-0.4, -0.2) is 32.1 Å². The second-order valence-corrected chi connectivity index (χ2v) is 4.05. The molecule has 0 saturated carbocycles. The van der Waals surface area contributed by atoms with Gasteiger partial charge in [0.2, 0.25) is 0 Å². The highest BCUT2D eigenvalue weighted by Gasteiger charge is 2.16. The molecule has 1 unspecified atom stereocenters. The summed E-state index contributed by atoms with van der Waals surface area (Å²) in [5.74, 6) is 1.35. The molecule has 0 fully saturated rings. The molecule has 1 aromatic carbocycles. The molecule has 0 aromatic heterocycles. The van der Waals surface area contributed by atoms with Crippen LogP contribution in [0.4, 0.5) is 0 Å².